The molecule has 4 aromatic carbocycles. The topological polar surface area (TPSA) is 208 Å². The van der Waals surface area contributed by atoms with Crippen molar-refractivity contribution in [3.05, 3.63) is 134 Å². The molecule has 2 aliphatic carbocycles. The molecule has 18 heteroatoms. The third-order valence-electron chi connectivity index (χ3n) is 14.5. The molecule has 5 aromatic rings. The summed E-state index contributed by atoms with van der Waals surface area (Å²) < 4.78 is 46.5. The van der Waals surface area contributed by atoms with E-state index in [1.54, 1.807) is 79.0 Å². The van der Waals surface area contributed by atoms with Crippen molar-refractivity contribution in [3.8, 4) is 34.5 Å². The second-order valence-corrected chi connectivity index (χ2v) is 21.9. The zero-order valence-corrected chi connectivity index (χ0v) is 49.0. The minimum Gasteiger partial charge on any atom is -0.494 e. The molecule has 1 N–H and O–H groups in total. The van der Waals surface area contributed by atoms with E-state index >= 15 is 0 Å². The first-order chi connectivity index (χ1) is 41.0. The van der Waals surface area contributed by atoms with E-state index in [-0.39, 0.29) is 17.4 Å². The van der Waals surface area contributed by atoms with Gasteiger partial charge in [-0.2, -0.15) is 5.10 Å². The number of thiazole rings is 1. The quantitative estimate of drug-likeness (QED) is 0.00761. The smallest absolute Gasteiger partial charge is 0.339 e. The number of aromatic nitrogens is 1. The van der Waals surface area contributed by atoms with E-state index in [9.17, 15) is 29.1 Å². The van der Waals surface area contributed by atoms with Crippen molar-refractivity contribution in [2.75, 3.05) is 38.0 Å². The second-order valence-electron chi connectivity index (χ2n) is 20.9. The van der Waals surface area contributed by atoms with Crippen LogP contribution in [0.25, 0.3) is 10.2 Å². The summed E-state index contributed by atoms with van der Waals surface area (Å²) in [5.41, 5.74) is 1.70. The number of unbranched alkanes of at least 4 members (excludes halogenated alkanes) is 9. The van der Waals surface area contributed by atoms with Crippen molar-refractivity contribution < 1.29 is 67.0 Å². The van der Waals surface area contributed by atoms with Gasteiger partial charge < -0.3 is 43.0 Å². The molecule has 7 rings (SSSR count). The Morgan fingerprint density at radius 2 is 1.23 bits per heavy atom. The molecule has 17 nitrogen and oxygen atoms in total. The zero-order valence-electron chi connectivity index (χ0n) is 48.2. The molecular weight excluding hydrogens is 1090 g/mol. The first-order valence-electron chi connectivity index (χ1n) is 29.5. The lowest BCUT2D eigenvalue weighted by Gasteiger charge is -2.30. The number of ether oxygens (including phenoxy) is 8. The molecule has 0 amide bonds. The maximum Gasteiger partial charge on any atom is 0.339 e. The molecule has 2 aliphatic rings. The SMILES string of the molecule is C=CC(=O)OCCCCCCOc1ccc(OC(=O)[C@H]2CC=C(C(=O)Oc3ccc(OC(=O)C4CCC(C(O)Oc5ccc(OCCCCCCOC(=O)C=C)cc5)CC4)cc3/C=N\N(CCCCCC)c3nc4ccccc4s3)CC2)cc1. The number of esters is 5. The van der Waals surface area contributed by atoms with Gasteiger partial charge in [-0.1, -0.05) is 68.9 Å². The molecular formula is C66H79N3O14S. The Morgan fingerprint density at radius 1 is 0.655 bits per heavy atom. The number of hydrogen-bond donors (Lipinski definition) is 1. The highest BCUT2D eigenvalue weighted by atomic mass is 32.1. The molecule has 0 bridgehead atoms. The molecule has 84 heavy (non-hydrogen) atoms. The number of aliphatic hydroxyl groups is 1. The number of carbonyl (C=O) groups excluding carboxylic acids is 5. The lowest BCUT2D eigenvalue weighted by Crippen LogP contribution is -2.33. The fourth-order valence-electron chi connectivity index (χ4n) is 9.63. The van der Waals surface area contributed by atoms with Crippen molar-refractivity contribution in [3.63, 3.8) is 0 Å². The number of para-hydroxylation sites is 1. The summed E-state index contributed by atoms with van der Waals surface area (Å²) >= 11 is 1.53. The molecule has 1 fully saturated rings. The summed E-state index contributed by atoms with van der Waals surface area (Å²) in [6.07, 6.45) is 18.7. The number of rotatable bonds is 35. The average Bonchev–Trinajstić information content (AvgIpc) is 3.86. The van der Waals surface area contributed by atoms with Gasteiger partial charge in [0.05, 0.1) is 54.7 Å². The van der Waals surface area contributed by atoms with Gasteiger partial charge in [-0.3, -0.25) is 9.59 Å². The fourth-order valence-corrected chi connectivity index (χ4v) is 10.6. The highest BCUT2D eigenvalue weighted by molar-refractivity contribution is 7.22. The van der Waals surface area contributed by atoms with Crippen molar-refractivity contribution in [2.45, 2.75) is 135 Å². The number of fused-ring (bicyclic) bond motifs is 1. The molecule has 0 spiro atoms. The zero-order chi connectivity index (χ0) is 59.3. The molecule has 1 saturated carbocycles. The van der Waals surface area contributed by atoms with Crippen LogP contribution in [0.3, 0.4) is 0 Å². The second kappa shape index (κ2) is 34.7. The minimum absolute atomic E-state index is 0.186. The molecule has 1 aromatic heterocycles. The summed E-state index contributed by atoms with van der Waals surface area (Å²) in [7, 11) is 0. The molecule has 1 unspecified atom stereocenters. The normalized spacial score (nSPS) is 16.2. The molecule has 1 heterocycles. The Bertz CT molecular complexity index is 2950. The summed E-state index contributed by atoms with van der Waals surface area (Å²) in [5.74, 6) is -0.515. The van der Waals surface area contributed by atoms with Crippen LogP contribution in [0.2, 0.25) is 0 Å². The van der Waals surface area contributed by atoms with Gasteiger partial charge in [-0.15, -0.1) is 0 Å². The van der Waals surface area contributed by atoms with Crippen LogP contribution < -0.4 is 33.4 Å². The van der Waals surface area contributed by atoms with Crippen LogP contribution in [-0.4, -0.2) is 85.4 Å². The Labute approximate surface area is 496 Å². The number of allylic oxidation sites excluding steroid dienone is 1. The number of hydrazone groups is 1. The Morgan fingerprint density at radius 3 is 1.83 bits per heavy atom. The van der Waals surface area contributed by atoms with Crippen LogP contribution in [0, 0.1) is 17.8 Å². The van der Waals surface area contributed by atoms with Crippen LogP contribution >= 0.6 is 11.3 Å². The maximum atomic E-state index is 13.9. The van der Waals surface area contributed by atoms with Crippen LogP contribution in [0.4, 0.5) is 5.13 Å². The monoisotopic (exact) mass is 1170 g/mol. The van der Waals surface area contributed by atoms with Gasteiger partial charge in [0, 0.05) is 35.8 Å². The number of anilines is 1. The van der Waals surface area contributed by atoms with Crippen molar-refractivity contribution >= 4 is 62.7 Å². The van der Waals surface area contributed by atoms with E-state index in [1.807, 2.05) is 29.3 Å². The average molecular weight is 1170 g/mol. The van der Waals surface area contributed by atoms with Crippen LogP contribution in [0.1, 0.15) is 134 Å². The van der Waals surface area contributed by atoms with E-state index in [0.717, 1.165) is 105 Å². The lowest BCUT2D eigenvalue weighted by atomic mass is 9.81. The fraction of sp³-hybridized carbons (Fsp3) is 0.439. The predicted molar refractivity (Wildman–Crippen MR) is 323 cm³/mol. The first kappa shape index (κ1) is 63.7. The maximum absolute atomic E-state index is 13.9. The van der Waals surface area contributed by atoms with Crippen molar-refractivity contribution in [2.24, 2.45) is 22.9 Å². The Kier molecular flexibility index (Phi) is 26.3. The first-order valence-corrected chi connectivity index (χ1v) is 30.3. The standard InChI is InChI=1S/C66H79N3O14S/c1-4-7-8-15-40-69(66-68-57-20-13-14-21-59(57)84-66)67-46-51-45-56(82-64(74)49-24-22-47(23-25-49)62(72)80-54-34-30-52(31-35-54)76-41-16-9-11-18-43-78-60(70)5-2)38-39-58(51)83-65(75)50-28-26-48(27-29-50)63(73)81-55-36-32-53(33-37-55)77-42-17-10-12-19-44-79-61(71)6-3/h5-6,13-14,20-21,28,30-39,45-49,62,72H,2-4,7-12,15-19,22-27,29,40-44H2,1H3/b67-46-/t47?,48-,49?,62?/m0/s1. The number of hydrogen-bond acceptors (Lipinski definition) is 18. The molecule has 0 radical (unpaired) electrons. The van der Waals surface area contributed by atoms with Crippen LogP contribution in [0.15, 0.2) is 133 Å². The largest absolute Gasteiger partial charge is 0.494 e. The summed E-state index contributed by atoms with van der Waals surface area (Å²) in [5, 5.41) is 18.6. The molecule has 2 atom stereocenters. The number of carbonyl (C=O) groups is 5. The van der Waals surface area contributed by atoms with E-state index in [2.05, 4.69) is 20.1 Å². The summed E-state index contributed by atoms with van der Waals surface area (Å²) in [6, 6.07) is 26.8. The Balaban J connectivity index is 0.924. The van der Waals surface area contributed by atoms with E-state index < -0.39 is 48.0 Å². The van der Waals surface area contributed by atoms with Gasteiger partial charge in [-0.05, 0) is 182 Å². The predicted octanol–water partition coefficient (Wildman–Crippen LogP) is 13.4. The highest BCUT2D eigenvalue weighted by Crippen LogP contribution is 2.36. The third kappa shape index (κ3) is 21.1. The van der Waals surface area contributed by atoms with E-state index in [0.29, 0.717) is 112 Å². The number of aliphatic hydroxyl groups excluding tert-OH is 1. The molecule has 448 valence electrons. The number of nitrogens with zero attached hydrogens (tertiary/aromatic N) is 3. The number of benzene rings is 4. The third-order valence-corrected chi connectivity index (χ3v) is 15.6. The van der Waals surface area contributed by atoms with Gasteiger partial charge in [0.25, 0.3) is 0 Å². The van der Waals surface area contributed by atoms with Crippen molar-refractivity contribution in [1.82, 2.24) is 4.98 Å². The summed E-state index contributed by atoms with van der Waals surface area (Å²) in [6.45, 7) is 11.4. The van der Waals surface area contributed by atoms with Crippen LogP contribution in [-0.2, 0) is 33.4 Å². The summed E-state index contributed by atoms with van der Waals surface area (Å²) in [4.78, 5) is 68.2. The van der Waals surface area contributed by atoms with Gasteiger partial charge in [0.1, 0.15) is 34.5 Å². The minimum atomic E-state index is -1.06. The van der Waals surface area contributed by atoms with E-state index in [1.165, 1.54) is 11.3 Å². The highest BCUT2D eigenvalue weighted by Gasteiger charge is 2.33. The Hall–Kier alpha value is -7.83. The van der Waals surface area contributed by atoms with Gasteiger partial charge >= 0.3 is 29.8 Å². The molecule has 0 saturated heterocycles. The van der Waals surface area contributed by atoms with Gasteiger partial charge in [0.2, 0.25) is 5.13 Å². The van der Waals surface area contributed by atoms with Gasteiger partial charge in [0.15, 0.2) is 6.29 Å². The van der Waals surface area contributed by atoms with E-state index in [4.69, 9.17) is 48.0 Å². The van der Waals surface area contributed by atoms with Crippen molar-refractivity contribution in [1.29, 1.82) is 0 Å². The van der Waals surface area contributed by atoms with Gasteiger partial charge in [-0.25, -0.2) is 24.4 Å². The molecule has 0 aliphatic heterocycles. The lowest BCUT2D eigenvalue weighted by molar-refractivity contribution is -0.142. The van der Waals surface area contributed by atoms with Crippen LogP contribution in [0.5, 0.6) is 34.5 Å².